The Kier molecular flexibility index (Phi) is 6.65. The number of allylic oxidation sites excluding steroid dienone is 1. The van der Waals surface area contributed by atoms with E-state index >= 15 is 0 Å². The molecule has 0 bridgehead atoms. The van der Waals surface area contributed by atoms with Crippen molar-refractivity contribution in [2.45, 2.75) is 25.7 Å². The predicted molar refractivity (Wildman–Crippen MR) is 109 cm³/mol. The standard InChI is InChI=1S/C22H21N3O4/c26-20(25-29)13-9-17-8-12-19(24-22(17)28)14-15-6-10-18(11-7-15)23-21(27)16-4-2-1-3-5-16/h1-8,10-11,29H,9,12-14H2,(H,23,27)(H,25,26). The Balaban J connectivity index is 1.54. The Hall–Kier alpha value is -3.58. The summed E-state index contributed by atoms with van der Waals surface area (Å²) in [7, 11) is 0. The van der Waals surface area contributed by atoms with E-state index in [4.69, 9.17) is 5.21 Å². The van der Waals surface area contributed by atoms with Gasteiger partial charge in [-0.25, -0.2) is 10.5 Å². The normalized spacial score (nSPS) is 13.3. The zero-order chi connectivity index (χ0) is 20.6. The van der Waals surface area contributed by atoms with Gasteiger partial charge in [0.2, 0.25) is 5.91 Å². The quantitative estimate of drug-likeness (QED) is 0.498. The highest BCUT2D eigenvalue weighted by molar-refractivity contribution is 6.07. The van der Waals surface area contributed by atoms with Gasteiger partial charge in [-0.15, -0.1) is 0 Å². The van der Waals surface area contributed by atoms with Crippen molar-refractivity contribution < 1.29 is 19.6 Å². The van der Waals surface area contributed by atoms with Crippen LogP contribution in [0.4, 0.5) is 5.69 Å². The van der Waals surface area contributed by atoms with Gasteiger partial charge in [0.05, 0.1) is 0 Å². The minimum atomic E-state index is -0.534. The van der Waals surface area contributed by atoms with Gasteiger partial charge in [-0.2, -0.15) is 0 Å². The van der Waals surface area contributed by atoms with Crippen molar-refractivity contribution >= 4 is 29.1 Å². The van der Waals surface area contributed by atoms with Gasteiger partial charge >= 0.3 is 0 Å². The molecule has 0 fully saturated rings. The highest BCUT2D eigenvalue weighted by Crippen LogP contribution is 2.18. The summed E-state index contributed by atoms with van der Waals surface area (Å²) in [6.45, 7) is 0. The van der Waals surface area contributed by atoms with E-state index in [-0.39, 0.29) is 24.7 Å². The van der Waals surface area contributed by atoms with E-state index in [9.17, 15) is 14.4 Å². The lowest BCUT2D eigenvalue weighted by molar-refractivity contribution is -0.129. The van der Waals surface area contributed by atoms with E-state index in [1.54, 1.807) is 23.7 Å². The van der Waals surface area contributed by atoms with Crippen molar-refractivity contribution in [3.8, 4) is 0 Å². The second-order valence-corrected chi connectivity index (χ2v) is 6.65. The molecule has 0 unspecified atom stereocenters. The first-order chi connectivity index (χ1) is 14.0. The third kappa shape index (κ3) is 5.70. The molecule has 148 valence electrons. The van der Waals surface area contributed by atoms with E-state index in [1.165, 1.54) is 0 Å². The van der Waals surface area contributed by atoms with Crippen LogP contribution in [0.25, 0.3) is 0 Å². The number of hydrogen-bond donors (Lipinski definition) is 3. The fourth-order valence-electron chi connectivity index (χ4n) is 2.95. The molecular weight excluding hydrogens is 370 g/mol. The Labute approximate surface area is 168 Å². The molecule has 3 N–H and O–H groups in total. The number of aliphatic imine (C=N–C) groups is 1. The average molecular weight is 391 g/mol. The summed E-state index contributed by atoms with van der Waals surface area (Å²) in [6, 6.07) is 16.4. The van der Waals surface area contributed by atoms with E-state index < -0.39 is 5.91 Å². The summed E-state index contributed by atoms with van der Waals surface area (Å²) in [6.07, 6.45) is 3.13. The smallest absolute Gasteiger partial charge is 0.272 e. The van der Waals surface area contributed by atoms with Gasteiger partial charge in [-0.1, -0.05) is 36.4 Å². The third-order valence-corrected chi connectivity index (χ3v) is 4.52. The number of carbonyl (C=O) groups is 3. The number of rotatable bonds is 7. The molecule has 3 rings (SSSR count). The van der Waals surface area contributed by atoms with Gasteiger partial charge in [0.25, 0.3) is 11.8 Å². The van der Waals surface area contributed by atoms with Crippen LogP contribution < -0.4 is 10.8 Å². The zero-order valence-corrected chi connectivity index (χ0v) is 15.7. The monoisotopic (exact) mass is 391 g/mol. The third-order valence-electron chi connectivity index (χ3n) is 4.52. The number of dihydropyridines is 1. The van der Waals surface area contributed by atoms with Crippen molar-refractivity contribution in [3.05, 3.63) is 77.4 Å². The van der Waals surface area contributed by atoms with Crippen LogP contribution in [0, 0.1) is 0 Å². The highest BCUT2D eigenvalue weighted by atomic mass is 16.5. The van der Waals surface area contributed by atoms with Crippen LogP contribution in [0.1, 0.15) is 35.2 Å². The predicted octanol–water partition coefficient (Wildman–Crippen LogP) is 3.06. The number of hydrogen-bond acceptors (Lipinski definition) is 4. The van der Waals surface area contributed by atoms with Crippen LogP contribution in [0.2, 0.25) is 0 Å². The van der Waals surface area contributed by atoms with Crippen LogP contribution >= 0.6 is 0 Å². The summed E-state index contributed by atoms with van der Waals surface area (Å²) in [5.41, 5.74) is 5.03. The molecule has 1 aliphatic rings. The van der Waals surface area contributed by atoms with Crippen LogP contribution in [0.15, 0.2) is 71.2 Å². The molecule has 2 aromatic carbocycles. The molecule has 3 amide bonds. The van der Waals surface area contributed by atoms with Crippen LogP contribution in [0.3, 0.4) is 0 Å². The SMILES string of the molecule is O=C(CCC1=CCC(Cc2ccc(NC(=O)c3ccccc3)cc2)=NC1=O)NO. The Morgan fingerprint density at radius 2 is 1.76 bits per heavy atom. The van der Waals surface area contributed by atoms with Gasteiger partial charge < -0.3 is 5.32 Å². The topological polar surface area (TPSA) is 108 Å². The molecule has 0 saturated carbocycles. The number of nitrogens with zero attached hydrogens (tertiary/aromatic N) is 1. The van der Waals surface area contributed by atoms with E-state index in [2.05, 4.69) is 10.3 Å². The molecule has 7 nitrogen and oxygen atoms in total. The fraction of sp³-hybridized carbons (Fsp3) is 0.182. The minimum absolute atomic E-state index is 0.0368. The fourth-order valence-corrected chi connectivity index (χ4v) is 2.95. The molecule has 29 heavy (non-hydrogen) atoms. The largest absolute Gasteiger partial charge is 0.322 e. The summed E-state index contributed by atoms with van der Waals surface area (Å²) >= 11 is 0. The van der Waals surface area contributed by atoms with E-state index in [1.807, 2.05) is 42.5 Å². The van der Waals surface area contributed by atoms with Gasteiger partial charge in [-0.05, 0) is 36.2 Å². The molecule has 2 aromatic rings. The minimum Gasteiger partial charge on any atom is -0.322 e. The van der Waals surface area contributed by atoms with Gasteiger partial charge in [0, 0.05) is 41.8 Å². The Morgan fingerprint density at radius 1 is 1.03 bits per heavy atom. The number of benzene rings is 2. The summed E-state index contributed by atoms with van der Waals surface area (Å²) in [5, 5.41) is 11.4. The van der Waals surface area contributed by atoms with Gasteiger partial charge in [-0.3, -0.25) is 19.6 Å². The molecule has 0 spiro atoms. The molecule has 0 aliphatic carbocycles. The lowest BCUT2D eigenvalue weighted by Crippen LogP contribution is -2.20. The number of amides is 3. The first-order valence-corrected chi connectivity index (χ1v) is 9.23. The van der Waals surface area contributed by atoms with Crippen molar-refractivity contribution in [2.75, 3.05) is 5.32 Å². The molecule has 0 saturated heterocycles. The molecule has 7 heteroatoms. The zero-order valence-electron chi connectivity index (χ0n) is 15.7. The molecule has 1 heterocycles. The Bertz CT molecular complexity index is 963. The van der Waals surface area contributed by atoms with Gasteiger partial charge in [0.15, 0.2) is 0 Å². The average Bonchev–Trinajstić information content (AvgIpc) is 2.75. The second kappa shape index (κ2) is 9.57. The van der Waals surface area contributed by atoms with Crippen molar-refractivity contribution in [2.24, 2.45) is 4.99 Å². The number of carbonyl (C=O) groups excluding carboxylic acids is 3. The molecular formula is C22H21N3O4. The maximum absolute atomic E-state index is 12.2. The maximum Gasteiger partial charge on any atom is 0.272 e. The Morgan fingerprint density at radius 3 is 2.41 bits per heavy atom. The number of anilines is 1. The summed E-state index contributed by atoms with van der Waals surface area (Å²) in [5.74, 6) is -1.05. The number of nitrogens with one attached hydrogen (secondary N) is 2. The van der Waals surface area contributed by atoms with Crippen molar-refractivity contribution in [1.82, 2.24) is 5.48 Å². The summed E-state index contributed by atoms with van der Waals surface area (Å²) < 4.78 is 0. The molecule has 0 aromatic heterocycles. The van der Waals surface area contributed by atoms with Crippen LogP contribution in [-0.4, -0.2) is 28.6 Å². The lowest BCUT2D eigenvalue weighted by Gasteiger charge is -2.12. The van der Waals surface area contributed by atoms with Gasteiger partial charge in [0.1, 0.15) is 0 Å². The number of hydroxylamine groups is 1. The first-order valence-electron chi connectivity index (χ1n) is 9.23. The molecule has 1 aliphatic heterocycles. The highest BCUT2D eigenvalue weighted by Gasteiger charge is 2.17. The lowest BCUT2D eigenvalue weighted by atomic mass is 9.99. The second-order valence-electron chi connectivity index (χ2n) is 6.65. The first kappa shape index (κ1) is 20.2. The summed E-state index contributed by atoms with van der Waals surface area (Å²) in [4.78, 5) is 39.5. The molecule has 0 radical (unpaired) electrons. The molecule has 0 atom stereocenters. The van der Waals surface area contributed by atoms with Crippen LogP contribution in [0.5, 0.6) is 0 Å². The van der Waals surface area contributed by atoms with Crippen LogP contribution in [-0.2, 0) is 16.0 Å². The van der Waals surface area contributed by atoms with E-state index in [0.717, 1.165) is 11.3 Å². The maximum atomic E-state index is 12.2. The van der Waals surface area contributed by atoms with Crippen molar-refractivity contribution in [3.63, 3.8) is 0 Å². The van der Waals surface area contributed by atoms with Crippen molar-refractivity contribution in [1.29, 1.82) is 0 Å². The van der Waals surface area contributed by atoms with E-state index in [0.29, 0.717) is 29.7 Å².